The van der Waals surface area contributed by atoms with Crippen molar-refractivity contribution in [2.45, 2.75) is 19.9 Å². The standard InChI is InChI=1S/C18H28N4O/c1-15(2)21-12-13-22(17-7-5-4-6-16(17)21)18(23)14-20-10-8-19(3)9-11-20/h4-7,15H,8-14H2,1-3H3. The van der Waals surface area contributed by atoms with Crippen LogP contribution in [0.4, 0.5) is 11.4 Å². The first-order valence-corrected chi connectivity index (χ1v) is 8.63. The molecule has 1 aromatic rings. The Morgan fingerprint density at radius 3 is 2.30 bits per heavy atom. The number of para-hydroxylation sites is 2. The first kappa shape index (κ1) is 16.3. The smallest absolute Gasteiger partial charge is 0.241 e. The van der Waals surface area contributed by atoms with Gasteiger partial charge in [-0.2, -0.15) is 0 Å². The summed E-state index contributed by atoms with van der Waals surface area (Å²) in [6.07, 6.45) is 0. The number of likely N-dealkylation sites (N-methyl/N-ethyl adjacent to an activating group) is 1. The monoisotopic (exact) mass is 316 g/mol. The Kier molecular flexibility index (Phi) is 4.87. The molecule has 0 atom stereocenters. The highest BCUT2D eigenvalue weighted by Gasteiger charge is 2.28. The highest BCUT2D eigenvalue weighted by molar-refractivity contribution is 5.99. The molecule has 1 saturated heterocycles. The largest absolute Gasteiger partial charge is 0.366 e. The fourth-order valence-electron chi connectivity index (χ4n) is 3.46. The van der Waals surface area contributed by atoms with Gasteiger partial charge in [-0.3, -0.25) is 9.69 Å². The lowest BCUT2D eigenvalue weighted by Crippen LogP contribution is -2.52. The summed E-state index contributed by atoms with van der Waals surface area (Å²) in [7, 11) is 2.14. The van der Waals surface area contributed by atoms with Crippen LogP contribution in [0.15, 0.2) is 24.3 Å². The van der Waals surface area contributed by atoms with Crippen molar-refractivity contribution in [3.8, 4) is 0 Å². The summed E-state index contributed by atoms with van der Waals surface area (Å²) in [6, 6.07) is 8.74. The molecule has 5 nitrogen and oxygen atoms in total. The molecule has 2 aliphatic heterocycles. The van der Waals surface area contributed by atoms with E-state index in [1.807, 2.05) is 11.0 Å². The maximum Gasteiger partial charge on any atom is 0.241 e. The molecular formula is C18H28N4O. The van der Waals surface area contributed by atoms with E-state index in [9.17, 15) is 4.79 Å². The summed E-state index contributed by atoms with van der Waals surface area (Å²) in [5.41, 5.74) is 2.24. The summed E-state index contributed by atoms with van der Waals surface area (Å²) < 4.78 is 0. The van der Waals surface area contributed by atoms with Crippen LogP contribution < -0.4 is 9.80 Å². The summed E-state index contributed by atoms with van der Waals surface area (Å²) in [6.45, 7) is 10.7. The van der Waals surface area contributed by atoms with Crippen LogP contribution >= 0.6 is 0 Å². The molecule has 3 rings (SSSR count). The average Bonchev–Trinajstić information content (AvgIpc) is 2.55. The van der Waals surface area contributed by atoms with Gasteiger partial charge in [-0.1, -0.05) is 12.1 Å². The lowest BCUT2D eigenvalue weighted by atomic mass is 10.1. The van der Waals surface area contributed by atoms with E-state index < -0.39 is 0 Å². The third kappa shape index (κ3) is 3.51. The van der Waals surface area contributed by atoms with Crippen LogP contribution in [-0.4, -0.2) is 74.6 Å². The van der Waals surface area contributed by atoms with Crippen molar-refractivity contribution in [3.63, 3.8) is 0 Å². The number of amides is 1. The third-order valence-corrected chi connectivity index (χ3v) is 4.93. The van der Waals surface area contributed by atoms with Gasteiger partial charge < -0.3 is 14.7 Å². The van der Waals surface area contributed by atoms with Crippen LogP contribution in [0.1, 0.15) is 13.8 Å². The van der Waals surface area contributed by atoms with Gasteiger partial charge in [0.25, 0.3) is 0 Å². The van der Waals surface area contributed by atoms with E-state index in [0.717, 1.165) is 45.0 Å². The Balaban J connectivity index is 1.72. The Morgan fingerprint density at radius 1 is 1.00 bits per heavy atom. The Bertz CT molecular complexity index is 552. The lowest BCUT2D eigenvalue weighted by molar-refractivity contribution is -0.120. The molecular weight excluding hydrogens is 288 g/mol. The molecule has 0 N–H and O–H groups in total. The van der Waals surface area contributed by atoms with E-state index in [4.69, 9.17) is 0 Å². The van der Waals surface area contributed by atoms with Crippen molar-refractivity contribution in [2.24, 2.45) is 0 Å². The third-order valence-electron chi connectivity index (χ3n) is 4.93. The van der Waals surface area contributed by atoms with Gasteiger partial charge in [0.15, 0.2) is 0 Å². The molecule has 0 aliphatic carbocycles. The molecule has 126 valence electrons. The average molecular weight is 316 g/mol. The van der Waals surface area contributed by atoms with Gasteiger partial charge in [0, 0.05) is 45.3 Å². The number of carbonyl (C=O) groups excluding carboxylic acids is 1. The predicted molar refractivity (Wildman–Crippen MR) is 95.2 cm³/mol. The number of hydrogen-bond donors (Lipinski definition) is 0. The quantitative estimate of drug-likeness (QED) is 0.845. The molecule has 2 aliphatic rings. The number of nitrogens with zero attached hydrogens (tertiary/aromatic N) is 4. The number of fused-ring (bicyclic) bond motifs is 1. The van der Waals surface area contributed by atoms with Gasteiger partial charge in [0.2, 0.25) is 5.91 Å². The van der Waals surface area contributed by atoms with Crippen molar-refractivity contribution >= 4 is 17.3 Å². The van der Waals surface area contributed by atoms with E-state index in [1.165, 1.54) is 5.69 Å². The predicted octanol–water partition coefficient (Wildman–Crippen LogP) is 1.50. The molecule has 0 unspecified atom stereocenters. The van der Waals surface area contributed by atoms with Crippen molar-refractivity contribution in [1.82, 2.24) is 9.80 Å². The number of piperazine rings is 1. The van der Waals surface area contributed by atoms with Crippen LogP contribution in [0.5, 0.6) is 0 Å². The Labute approximate surface area is 139 Å². The van der Waals surface area contributed by atoms with Gasteiger partial charge >= 0.3 is 0 Å². The van der Waals surface area contributed by atoms with Gasteiger partial charge in [0.05, 0.1) is 17.9 Å². The summed E-state index contributed by atoms with van der Waals surface area (Å²) in [5, 5.41) is 0. The second-order valence-corrected chi connectivity index (χ2v) is 6.90. The molecule has 0 bridgehead atoms. The SMILES string of the molecule is CC(C)N1CCN(C(=O)CN2CCN(C)CC2)c2ccccc21. The molecule has 0 aromatic heterocycles. The first-order valence-electron chi connectivity index (χ1n) is 8.63. The summed E-state index contributed by atoms with van der Waals surface area (Å²) in [5.74, 6) is 0.227. The molecule has 1 fully saturated rings. The van der Waals surface area contributed by atoms with Gasteiger partial charge in [0.1, 0.15) is 0 Å². The zero-order chi connectivity index (χ0) is 16.4. The normalized spacial score (nSPS) is 20.0. The van der Waals surface area contributed by atoms with Crippen molar-refractivity contribution in [3.05, 3.63) is 24.3 Å². The van der Waals surface area contributed by atoms with Crippen LogP contribution in [0.2, 0.25) is 0 Å². The van der Waals surface area contributed by atoms with Crippen molar-refractivity contribution in [1.29, 1.82) is 0 Å². The minimum atomic E-state index is 0.227. The van der Waals surface area contributed by atoms with Gasteiger partial charge in [-0.15, -0.1) is 0 Å². The molecule has 0 spiro atoms. The minimum Gasteiger partial charge on any atom is -0.366 e. The fraction of sp³-hybridized carbons (Fsp3) is 0.611. The first-order chi connectivity index (χ1) is 11.1. The number of benzene rings is 1. The molecule has 1 amide bonds. The van der Waals surface area contributed by atoms with Gasteiger partial charge in [-0.05, 0) is 33.0 Å². The Morgan fingerprint density at radius 2 is 1.65 bits per heavy atom. The molecule has 2 heterocycles. The van der Waals surface area contributed by atoms with Crippen molar-refractivity contribution < 1.29 is 4.79 Å². The molecule has 1 aromatic carbocycles. The topological polar surface area (TPSA) is 30.0 Å². The van der Waals surface area contributed by atoms with Gasteiger partial charge in [-0.25, -0.2) is 0 Å². The second-order valence-electron chi connectivity index (χ2n) is 6.90. The van der Waals surface area contributed by atoms with Crippen LogP contribution in [0.3, 0.4) is 0 Å². The molecule has 5 heteroatoms. The summed E-state index contributed by atoms with van der Waals surface area (Å²) >= 11 is 0. The number of rotatable bonds is 3. The number of carbonyl (C=O) groups is 1. The summed E-state index contributed by atoms with van der Waals surface area (Å²) in [4.78, 5) is 21.8. The maximum atomic E-state index is 12.8. The molecule has 23 heavy (non-hydrogen) atoms. The molecule has 0 radical (unpaired) electrons. The molecule has 0 saturated carbocycles. The fourth-order valence-corrected chi connectivity index (χ4v) is 3.46. The van der Waals surface area contributed by atoms with E-state index in [-0.39, 0.29) is 5.91 Å². The number of hydrogen-bond acceptors (Lipinski definition) is 4. The Hall–Kier alpha value is -1.59. The van der Waals surface area contributed by atoms with E-state index in [1.54, 1.807) is 0 Å². The maximum absolute atomic E-state index is 12.8. The number of anilines is 2. The second kappa shape index (κ2) is 6.89. The zero-order valence-electron chi connectivity index (χ0n) is 14.5. The highest BCUT2D eigenvalue weighted by atomic mass is 16.2. The van der Waals surface area contributed by atoms with Crippen LogP contribution in [0, 0.1) is 0 Å². The zero-order valence-corrected chi connectivity index (χ0v) is 14.5. The van der Waals surface area contributed by atoms with Crippen LogP contribution in [-0.2, 0) is 4.79 Å². The lowest BCUT2D eigenvalue weighted by Gasteiger charge is -2.41. The van der Waals surface area contributed by atoms with Crippen molar-refractivity contribution in [2.75, 3.05) is 62.7 Å². The van der Waals surface area contributed by atoms with E-state index >= 15 is 0 Å². The highest BCUT2D eigenvalue weighted by Crippen LogP contribution is 2.34. The van der Waals surface area contributed by atoms with E-state index in [0.29, 0.717) is 12.6 Å². The minimum absolute atomic E-state index is 0.227. The van der Waals surface area contributed by atoms with E-state index in [2.05, 4.69) is 53.8 Å². The van der Waals surface area contributed by atoms with Crippen LogP contribution in [0.25, 0.3) is 0 Å².